The van der Waals surface area contributed by atoms with E-state index in [1.54, 1.807) is 29.0 Å². The van der Waals surface area contributed by atoms with Crippen molar-refractivity contribution in [2.24, 2.45) is 7.05 Å². The van der Waals surface area contributed by atoms with E-state index in [9.17, 15) is 0 Å². The first-order chi connectivity index (χ1) is 6.36. The van der Waals surface area contributed by atoms with Crippen molar-refractivity contribution in [1.29, 1.82) is 0 Å². The Labute approximate surface area is 79.8 Å². The first-order valence-corrected chi connectivity index (χ1v) is 4.79. The molecule has 68 valence electrons. The van der Waals surface area contributed by atoms with Gasteiger partial charge in [0.2, 0.25) is 0 Å². The number of rotatable bonds is 3. The van der Waals surface area contributed by atoms with Gasteiger partial charge in [-0.25, -0.2) is 9.67 Å². The summed E-state index contributed by atoms with van der Waals surface area (Å²) < 4.78 is 3.59. The number of thioether (sulfide) groups is 1. The van der Waals surface area contributed by atoms with Crippen LogP contribution in [0.4, 0.5) is 0 Å². The van der Waals surface area contributed by atoms with Gasteiger partial charge in [-0.05, 0) is 6.07 Å². The number of hydrogen-bond acceptors (Lipinski definition) is 4. The summed E-state index contributed by atoms with van der Waals surface area (Å²) >= 11 is 1.60. The van der Waals surface area contributed by atoms with Crippen molar-refractivity contribution in [2.75, 3.05) is 0 Å². The molecule has 2 heterocycles. The monoisotopic (exact) mass is 195 g/mol. The number of aryl methyl sites for hydroxylation is 1. The zero-order valence-corrected chi connectivity index (χ0v) is 7.98. The van der Waals surface area contributed by atoms with Gasteiger partial charge in [-0.2, -0.15) is 10.2 Å². The zero-order valence-electron chi connectivity index (χ0n) is 7.16. The Kier molecular flexibility index (Phi) is 2.31. The molecule has 0 bridgehead atoms. The van der Waals surface area contributed by atoms with Crippen LogP contribution >= 0.6 is 11.8 Å². The van der Waals surface area contributed by atoms with Crippen LogP contribution in [0.15, 0.2) is 29.9 Å². The minimum Gasteiger partial charge on any atom is -0.262 e. The quantitative estimate of drug-likeness (QED) is 0.678. The summed E-state index contributed by atoms with van der Waals surface area (Å²) in [6, 6.07) is 1.90. The second-order valence-corrected chi connectivity index (χ2v) is 3.40. The van der Waals surface area contributed by atoms with Crippen molar-refractivity contribution < 1.29 is 0 Å². The average molecular weight is 195 g/mol. The maximum atomic E-state index is 4.09. The molecule has 2 aromatic rings. The summed E-state index contributed by atoms with van der Waals surface area (Å²) in [7, 11) is 1.87. The van der Waals surface area contributed by atoms with Gasteiger partial charge in [-0.15, -0.1) is 0 Å². The fourth-order valence-corrected chi connectivity index (χ4v) is 1.67. The Balaban J connectivity index is 1.97. The van der Waals surface area contributed by atoms with Crippen LogP contribution in [-0.2, 0) is 12.9 Å². The van der Waals surface area contributed by atoms with E-state index in [2.05, 4.69) is 15.2 Å². The van der Waals surface area contributed by atoms with E-state index in [0.717, 1.165) is 11.0 Å². The Morgan fingerprint density at radius 1 is 1.46 bits per heavy atom. The molecule has 5 nitrogen and oxygen atoms in total. The molecular formula is C7H9N5S. The number of aromatic nitrogens is 5. The normalized spacial score (nSPS) is 10.5. The van der Waals surface area contributed by atoms with Crippen molar-refractivity contribution >= 4 is 11.8 Å². The second-order valence-electron chi connectivity index (χ2n) is 2.49. The predicted octanol–water partition coefficient (Wildman–Crippen LogP) is 0.761. The summed E-state index contributed by atoms with van der Waals surface area (Å²) in [6.45, 7) is 0. The molecule has 0 N–H and O–H groups in total. The highest BCUT2D eigenvalue weighted by molar-refractivity contribution is 7.98. The van der Waals surface area contributed by atoms with E-state index in [1.165, 1.54) is 0 Å². The molecule has 0 amide bonds. The van der Waals surface area contributed by atoms with Gasteiger partial charge < -0.3 is 0 Å². The molecule has 0 unspecified atom stereocenters. The lowest BCUT2D eigenvalue weighted by Gasteiger charge is -1.99. The van der Waals surface area contributed by atoms with Crippen molar-refractivity contribution in [3.05, 3.63) is 24.8 Å². The summed E-state index contributed by atoms with van der Waals surface area (Å²) in [6.07, 6.45) is 5.23. The molecule has 0 saturated heterocycles. The minimum atomic E-state index is 0.763. The Bertz CT molecular complexity index is 366. The van der Waals surface area contributed by atoms with Crippen LogP contribution in [0.1, 0.15) is 0 Å². The summed E-state index contributed by atoms with van der Waals surface area (Å²) in [4.78, 5) is 4.09. The fraction of sp³-hybridized carbons (Fsp3) is 0.286. The molecule has 2 rings (SSSR count). The molecule has 0 saturated carbocycles. The molecule has 0 spiro atoms. The first-order valence-electron chi connectivity index (χ1n) is 3.80. The van der Waals surface area contributed by atoms with Crippen LogP contribution in [0.2, 0.25) is 0 Å². The van der Waals surface area contributed by atoms with E-state index < -0.39 is 0 Å². The first kappa shape index (κ1) is 8.31. The maximum absolute atomic E-state index is 4.09. The summed E-state index contributed by atoms with van der Waals surface area (Å²) in [5.41, 5.74) is 0. The third-order valence-electron chi connectivity index (χ3n) is 1.55. The SMILES string of the molecule is Cn1ncnc1SCn1cccn1. The average Bonchev–Trinajstić information content (AvgIpc) is 2.72. The number of nitrogens with zero attached hydrogens (tertiary/aromatic N) is 5. The van der Waals surface area contributed by atoms with Gasteiger partial charge in [0, 0.05) is 19.4 Å². The largest absolute Gasteiger partial charge is 0.262 e. The van der Waals surface area contributed by atoms with Gasteiger partial charge in [0.1, 0.15) is 6.33 Å². The van der Waals surface area contributed by atoms with E-state index in [1.807, 2.05) is 24.0 Å². The molecule has 0 aliphatic carbocycles. The molecule has 0 aliphatic heterocycles. The smallest absolute Gasteiger partial charge is 0.187 e. The van der Waals surface area contributed by atoms with Crippen molar-refractivity contribution in [1.82, 2.24) is 24.5 Å². The third kappa shape index (κ3) is 1.89. The van der Waals surface area contributed by atoms with Crippen LogP contribution in [0.3, 0.4) is 0 Å². The van der Waals surface area contributed by atoms with E-state index >= 15 is 0 Å². The lowest BCUT2D eigenvalue weighted by atomic mass is 10.8. The lowest BCUT2D eigenvalue weighted by molar-refractivity contribution is 0.678. The van der Waals surface area contributed by atoms with Gasteiger partial charge >= 0.3 is 0 Å². The highest BCUT2D eigenvalue weighted by Gasteiger charge is 2.00. The third-order valence-corrected chi connectivity index (χ3v) is 2.58. The number of hydrogen-bond donors (Lipinski definition) is 0. The molecule has 2 aromatic heterocycles. The topological polar surface area (TPSA) is 48.5 Å². The Hall–Kier alpha value is -1.30. The second kappa shape index (κ2) is 3.61. The van der Waals surface area contributed by atoms with Gasteiger partial charge in [0.15, 0.2) is 5.16 Å². The molecule has 13 heavy (non-hydrogen) atoms. The van der Waals surface area contributed by atoms with E-state index in [0.29, 0.717) is 0 Å². The van der Waals surface area contributed by atoms with E-state index in [-0.39, 0.29) is 0 Å². The van der Waals surface area contributed by atoms with Crippen molar-refractivity contribution in [2.45, 2.75) is 11.0 Å². The summed E-state index contributed by atoms with van der Waals surface area (Å²) in [5.74, 6) is 0.763. The fourth-order valence-electron chi connectivity index (χ4n) is 0.917. The van der Waals surface area contributed by atoms with Crippen LogP contribution < -0.4 is 0 Å². The van der Waals surface area contributed by atoms with Gasteiger partial charge in [0.25, 0.3) is 0 Å². The molecule has 0 fully saturated rings. The van der Waals surface area contributed by atoms with Crippen LogP contribution in [-0.4, -0.2) is 24.5 Å². The van der Waals surface area contributed by atoms with Crippen LogP contribution in [0, 0.1) is 0 Å². The molecule has 0 aliphatic rings. The predicted molar refractivity (Wildman–Crippen MR) is 49.1 cm³/mol. The molecule has 0 atom stereocenters. The highest BCUT2D eigenvalue weighted by Crippen LogP contribution is 2.14. The lowest BCUT2D eigenvalue weighted by Crippen LogP contribution is -1.97. The zero-order chi connectivity index (χ0) is 9.10. The van der Waals surface area contributed by atoms with Crippen molar-refractivity contribution in [3.63, 3.8) is 0 Å². The minimum absolute atomic E-state index is 0.763. The van der Waals surface area contributed by atoms with Gasteiger partial charge in [0.05, 0.1) is 5.88 Å². The Morgan fingerprint density at radius 3 is 3.00 bits per heavy atom. The van der Waals surface area contributed by atoms with Gasteiger partial charge in [-0.1, -0.05) is 11.8 Å². The Morgan fingerprint density at radius 2 is 2.38 bits per heavy atom. The standard InChI is InChI=1S/C7H9N5S/c1-11-7(8-5-10-11)13-6-12-4-2-3-9-12/h2-5H,6H2,1H3. The molecular weight excluding hydrogens is 186 g/mol. The molecule has 0 aromatic carbocycles. The maximum Gasteiger partial charge on any atom is 0.187 e. The summed E-state index contributed by atoms with van der Waals surface area (Å²) in [5, 5.41) is 8.95. The van der Waals surface area contributed by atoms with Crippen LogP contribution in [0.25, 0.3) is 0 Å². The molecule has 0 radical (unpaired) electrons. The highest BCUT2D eigenvalue weighted by atomic mass is 32.2. The van der Waals surface area contributed by atoms with E-state index in [4.69, 9.17) is 0 Å². The van der Waals surface area contributed by atoms with Crippen LogP contribution in [0.5, 0.6) is 0 Å². The molecule has 6 heteroatoms. The van der Waals surface area contributed by atoms with Crippen molar-refractivity contribution in [3.8, 4) is 0 Å². The van der Waals surface area contributed by atoms with Gasteiger partial charge in [-0.3, -0.25) is 4.68 Å².